The summed E-state index contributed by atoms with van der Waals surface area (Å²) in [6, 6.07) is 16.2. The number of carboxylic acids is 1. The van der Waals surface area contributed by atoms with Crippen molar-refractivity contribution in [2.75, 3.05) is 13.2 Å². The van der Waals surface area contributed by atoms with Gasteiger partial charge in [0.2, 0.25) is 0 Å². The summed E-state index contributed by atoms with van der Waals surface area (Å²) in [7, 11) is 0. The highest BCUT2D eigenvalue weighted by Crippen LogP contribution is 2.31. The molecule has 198 valence electrons. The minimum atomic E-state index is -0.951. The lowest BCUT2D eigenvalue weighted by atomic mass is 9.93. The zero-order chi connectivity index (χ0) is 27.3. The molecule has 0 amide bonds. The summed E-state index contributed by atoms with van der Waals surface area (Å²) in [4.78, 5) is 11.4. The van der Waals surface area contributed by atoms with Crippen molar-refractivity contribution in [1.29, 1.82) is 0 Å². The van der Waals surface area contributed by atoms with Crippen molar-refractivity contribution >= 4 is 17.6 Å². The van der Waals surface area contributed by atoms with Gasteiger partial charge in [-0.3, -0.25) is 0 Å². The van der Waals surface area contributed by atoms with Gasteiger partial charge < -0.3 is 20.3 Å². The van der Waals surface area contributed by atoms with Crippen LogP contribution in [-0.4, -0.2) is 41.0 Å². The Morgan fingerprint density at radius 2 is 1.81 bits per heavy atom. The van der Waals surface area contributed by atoms with Crippen LogP contribution >= 0.6 is 11.6 Å². The predicted octanol–water partition coefficient (Wildman–Crippen LogP) is 6.51. The molecular formula is C30H35ClFNO4. The molecule has 0 fully saturated rings. The van der Waals surface area contributed by atoms with Crippen LogP contribution in [-0.2, 0) is 11.2 Å². The van der Waals surface area contributed by atoms with Gasteiger partial charge >= 0.3 is 5.97 Å². The smallest absolute Gasteiger partial charge is 0.335 e. The first-order valence-corrected chi connectivity index (χ1v) is 12.7. The van der Waals surface area contributed by atoms with Crippen LogP contribution in [0.15, 0.2) is 54.6 Å². The second-order valence-electron chi connectivity index (χ2n) is 10.2. The van der Waals surface area contributed by atoms with Crippen molar-refractivity contribution in [3.05, 3.63) is 93.3 Å². The molecule has 5 nitrogen and oxygen atoms in total. The molecule has 3 aromatic carbocycles. The average molecular weight is 528 g/mol. The summed E-state index contributed by atoms with van der Waals surface area (Å²) in [6.45, 7) is 9.76. The van der Waals surface area contributed by atoms with Crippen molar-refractivity contribution in [1.82, 2.24) is 5.32 Å². The summed E-state index contributed by atoms with van der Waals surface area (Å²) in [5, 5.41) is 23.7. The third-order valence-corrected chi connectivity index (χ3v) is 6.89. The molecule has 0 radical (unpaired) electrons. The SMILES string of the molecule is Cc1cc(F)c(CC(C)(C)NC[C@@H](O)COC(C)c2ccccc2-c2ccc(C(=O)O)c(C)c2)cc1Cl. The van der Waals surface area contributed by atoms with Crippen LogP contribution in [0, 0.1) is 19.7 Å². The molecule has 0 aliphatic carbocycles. The van der Waals surface area contributed by atoms with Gasteiger partial charge in [-0.2, -0.15) is 0 Å². The van der Waals surface area contributed by atoms with Gasteiger partial charge in [0.05, 0.1) is 24.4 Å². The quantitative estimate of drug-likeness (QED) is 0.265. The Labute approximate surface area is 223 Å². The normalized spacial score (nSPS) is 13.4. The number of aliphatic hydroxyl groups is 1. The maximum Gasteiger partial charge on any atom is 0.335 e. The van der Waals surface area contributed by atoms with Crippen molar-refractivity contribution in [3.63, 3.8) is 0 Å². The number of benzene rings is 3. The fraction of sp³-hybridized carbons (Fsp3) is 0.367. The van der Waals surface area contributed by atoms with Crippen LogP contribution in [0.1, 0.15) is 59.5 Å². The van der Waals surface area contributed by atoms with Crippen molar-refractivity contribution in [2.24, 2.45) is 0 Å². The Morgan fingerprint density at radius 3 is 2.49 bits per heavy atom. The Bertz CT molecular complexity index is 1260. The minimum absolute atomic E-state index is 0.111. The third kappa shape index (κ3) is 7.62. The van der Waals surface area contributed by atoms with Gasteiger partial charge in [0.1, 0.15) is 5.82 Å². The number of hydrogen-bond acceptors (Lipinski definition) is 4. The highest BCUT2D eigenvalue weighted by Gasteiger charge is 2.22. The minimum Gasteiger partial charge on any atom is -0.478 e. The molecule has 3 aromatic rings. The molecule has 3 N–H and O–H groups in total. The zero-order valence-corrected chi connectivity index (χ0v) is 22.7. The Kier molecular flexibility index (Phi) is 9.48. The van der Waals surface area contributed by atoms with Crippen LogP contribution in [0.5, 0.6) is 0 Å². The van der Waals surface area contributed by atoms with E-state index in [1.165, 1.54) is 6.07 Å². The van der Waals surface area contributed by atoms with Gasteiger partial charge in [0.15, 0.2) is 0 Å². The number of rotatable bonds is 11. The number of carboxylic acid groups (broad SMARTS) is 1. The first-order valence-electron chi connectivity index (χ1n) is 12.3. The number of β-amino-alcohol motifs (C(OH)–C–C–N with tert-alkyl or cyclic N) is 1. The lowest BCUT2D eigenvalue weighted by Crippen LogP contribution is -2.46. The lowest BCUT2D eigenvalue weighted by molar-refractivity contribution is -0.00398. The van der Waals surface area contributed by atoms with E-state index in [4.69, 9.17) is 16.3 Å². The molecule has 0 aromatic heterocycles. The topological polar surface area (TPSA) is 78.8 Å². The molecular weight excluding hydrogens is 493 g/mol. The fourth-order valence-corrected chi connectivity index (χ4v) is 4.53. The summed E-state index contributed by atoms with van der Waals surface area (Å²) in [5.74, 6) is -1.24. The first kappa shape index (κ1) is 28.8. The average Bonchev–Trinajstić information content (AvgIpc) is 2.84. The van der Waals surface area contributed by atoms with Gasteiger partial charge in [-0.05, 0) is 92.6 Å². The zero-order valence-electron chi connectivity index (χ0n) is 21.9. The maximum atomic E-state index is 14.4. The summed E-state index contributed by atoms with van der Waals surface area (Å²) >= 11 is 6.17. The van der Waals surface area contributed by atoms with Gasteiger partial charge in [0.25, 0.3) is 0 Å². The molecule has 0 aliphatic heterocycles. The Balaban J connectivity index is 1.60. The van der Waals surface area contributed by atoms with Gasteiger partial charge in [0, 0.05) is 17.1 Å². The number of hydrogen-bond donors (Lipinski definition) is 3. The molecule has 0 saturated carbocycles. The number of aryl methyl sites for hydroxylation is 2. The fourth-order valence-electron chi connectivity index (χ4n) is 4.35. The highest BCUT2D eigenvalue weighted by atomic mass is 35.5. The van der Waals surface area contributed by atoms with Gasteiger partial charge in [-0.25, -0.2) is 9.18 Å². The predicted molar refractivity (Wildman–Crippen MR) is 146 cm³/mol. The number of aromatic carboxylic acids is 1. The van der Waals surface area contributed by atoms with E-state index in [0.29, 0.717) is 28.1 Å². The summed E-state index contributed by atoms with van der Waals surface area (Å²) in [5.41, 5.74) is 4.50. The second kappa shape index (κ2) is 12.2. The molecule has 0 saturated heterocycles. The number of carbonyl (C=O) groups is 1. The highest BCUT2D eigenvalue weighted by molar-refractivity contribution is 6.31. The van der Waals surface area contributed by atoms with Crippen LogP contribution in [0.2, 0.25) is 5.02 Å². The molecule has 0 bridgehead atoms. The molecule has 3 rings (SSSR count). The van der Waals surface area contributed by atoms with Crippen molar-refractivity contribution in [3.8, 4) is 11.1 Å². The number of ether oxygens (including phenoxy) is 1. The number of aliphatic hydroxyl groups excluding tert-OH is 1. The van der Waals surface area contributed by atoms with E-state index in [9.17, 15) is 19.4 Å². The molecule has 1 unspecified atom stereocenters. The van der Waals surface area contributed by atoms with Crippen LogP contribution in [0.25, 0.3) is 11.1 Å². The standard InChI is InChI=1S/C30H35ClFNO4/c1-18-12-21(10-11-24(18)29(35)36)26-9-7-6-8-25(26)20(3)37-17-23(34)16-33-30(4,5)15-22-14-27(31)19(2)13-28(22)32/h6-14,20,23,33-34H,15-17H2,1-5H3,(H,35,36)/t20?,23-/m1/s1. The first-order chi connectivity index (χ1) is 17.4. The lowest BCUT2D eigenvalue weighted by Gasteiger charge is -2.29. The Hall–Kier alpha value is -2.77. The summed E-state index contributed by atoms with van der Waals surface area (Å²) in [6.07, 6.45) is -0.657. The molecule has 2 atom stereocenters. The monoisotopic (exact) mass is 527 g/mol. The Morgan fingerprint density at radius 1 is 1.11 bits per heavy atom. The number of halogens is 2. The largest absolute Gasteiger partial charge is 0.478 e. The van der Waals surface area contributed by atoms with E-state index >= 15 is 0 Å². The van der Waals surface area contributed by atoms with E-state index in [0.717, 1.165) is 16.7 Å². The van der Waals surface area contributed by atoms with Gasteiger partial charge in [-0.1, -0.05) is 48.0 Å². The van der Waals surface area contributed by atoms with Crippen LogP contribution < -0.4 is 5.32 Å². The van der Waals surface area contributed by atoms with E-state index in [2.05, 4.69) is 5.32 Å². The van der Waals surface area contributed by atoms with E-state index < -0.39 is 17.6 Å². The van der Waals surface area contributed by atoms with Crippen molar-refractivity contribution in [2.45, 2.75) is 58.8 Å². The second-order valence-corrected chi connectivity index (χ2v) is 10.6. The van der Waals surface area contributed by atoms with Gasteiger partial charge in [-0.15, -0.1) is 0 Å². The van der Waals surface area contributed by atoms with Crippen LogP contribution in [0.3, 0.4) is 0 Å². The van der Waals surface area contributed by atoms with E-state index in [1.54, 1.807) is 32.0 Å². The van der Waals surface area contributed by atoms with Crippen LogP contribution in [0.4, 0.5) is 4.39 Å². The van der Waals surface area contributed by atoms with Crippen molar-refractivity contribution < 1.29 is 24.1 Å². The molecule has 0 aliphatic rings. The molecule has 0 spiro atoms. The molecule has 37 heavy (non-hydrogen) atoms. The summed E-state index contributed by atoms with van der Waals surface area (Å²) < 4.78 is 20.4. The van der Waals surface area contributed by atoms with E-state index in [-0.39, 0.29) is 30.6 Å². The maximum absolute atomic E-state index is 14.4. The number of nitrogens with one attached hydrogen (secondary N) is 1. The third-order valence-electron chi connectivity index (χ3n) is 6.48. The van der Waals surface area contributed by atoms with E-state index in [1.807, 2.05) is 51.1 Å². The molecule has 7 heteroatoms. The molecule has 0 heterocycles.